The van der Waals surface area contributed by atoms with Crippen LogP contribution < -0.4 is 15.8 Å². The third kappa shape index (κ3) is 4.13. The summed E-state index contributed by atoms with van der Waals surface area (Å²) < 4.78 is 3.50. The Hall–Kier alpha value is -3.33. The van der Waals surface area contributed by atoms with Crippen LogP contribution >= 0.6 is 11.8 Å². The second kappa shape index (κ2) is 8.81. The molecule has 31 heavy (non-hydrogen) atoms. The Balaban J connectivity index is 1.59. The molecule has 4 aromatic rings. The van der Waals surface area contributed by atoms with Crippen molar-refractivity contribution in [3.05, 3.63) is 58.9 Å². The predicted molar refractivity (Wildman–Crippen MR) is 125 cm³/mol. The van der Waals surface area contributed by atoms with Gasteiger partial charge in [-0.15, -0.1) is 10.2 Å². The summed E-state index contributed by atoms with van der Waals surface area (Å²) in [4.78, 5) is 27.4. The fourth-order valence-electron chi connectivity index (χ4n) is 3.42. The van der Waals surface area contributed by atoms with Gasteiger partial charge in [0.1, 0.15) is 0 Å². The highest BCUT2D eigenvalue weighted by atomic mass is 32.2. The number of nitrogens with zero attached hydrogens (tertiary/aromatic N) is 5. The molecule has 0 aliphatic rings. The first kappa shape index (κ1) is 20.9. The lowest BCUT2D eigenvalue weighted by atomic mass is 10.2. The largest absolute Gasteiger partial charge is 0.378 e. The van der Waals surface area contributed by atoms with Gasteiger partial charge in [0.2, 0.25) is 11.7 Å². The minimum atomic E-state index is -0.134. The van der Waals surface area contributed by atoms with E-state index in [1.54, 1.807) is 4.57 Å². The lowest BCUT2D eigenvalue weighted by Gasteiger charge is -2.13. The molecule has 1 N–H and O–H groups in total. The standard InChI is InChI=1S/C22H24N6O2S/c1-4-13-27-20(30)17-7-5-6-8-18(17)28-21(27)24-25-22(28)31-14-19(29)23-15-9-11-16(12-10-15)26(2)3/h5-12H,4,13-14H2,1-3H3,(H,23,29). The zero-order chi connectivity index (χ0) is 22.0. The number of thioether (sulfide) groups is 1. The van der Waals surface area contributed by atoms with Crippen LogP contribution in [0.25, 0.3) is 16.7 Å². The van der Waals surface area contributed by atoms with Crippen molar-refractivity contribution < 1.29 is 4.79 Å². The van der Waals surface area contributed by atoms with Crippen molar-refractivity contribution in [3.8, 4) is 0 Å². The molecule has 0 atom stereocenters. The summed E-state index contributed by atoms with van der Waals surface area (Å²) in [6, 6.07) is 15.1. The lowest BCUT2D eigenvalue weighted by Crippen LogP contribution is -2.23. The minimum absolute atomic E-state index is 0.0761. The number of hydrogen-bond acceptors (Lipinski definition) is 6. The molecule has 0 spiro atoms. The maximum absolute atomic E-state index is 12.9. The van der Waals surface area contributed by atoms with Gasteiger partial charge >= 0.3 is 0 Å². The number of benzene rings is 2. The molecule has 8 nitrogen and oxygen atoms in total. The monoisotopic (exact) mass is 436 g/mol. The second-order valence-electron chi connectivity index (χ2n) is 7.37. The zero-order valence-electron chi connectivity index (χ0n) is 17.7. The first-order valence-corrected chi connectivity index (χ1v) is 11.0. The van der Waals surface area contributed by atoms with E-state index in [0.717, 1.165) is 23.3 Å². The van der Waals surface area contributed by atoms with Crippen molar-refractivity contribution >= 4 is 45.7 Å². The van der Waals surface area contributed by atoms with E-state index < -0.39 is 0 Å². The van der Waals surface area contributed by atoms with E-state index in [1.165, 1.54) is 11.8 Å². The van der Waals surface area contributed by atoms with E-state index in [9.17, 15) is 9.59 Å². The van der Waals surface area contributed by atoms with Gasteiger partial charge in [0.05, 0.1) is 16.7 Å². The summed E-state index contributed by atoms with van der Waals surface area (Å²) in [5.41, 5.74) is 2.46. The Kier molecular flexibility index (Phi) is 5.94. The molecule has 0 saturated carbocycles. The highest BCUT2D eigenvalue weighted by Crippen LogP contribution is 2.22. The summed E-state index contributed by atoms with van der Waals surface area (Å²) in [5.74, 6) is 0.538. The molecule has 2 heterocycles. The smallest absolute Gasteiger partial charge is 0.262 e. The number of fused-ring (bicyclic) bond motifs is 3. The number of carbonyl (C=O) groups excluding carboxylic acids is 1. The van der Waals surface area contributed by atoms with Crippen LogP contribution in [0.4, 0.5) is 11.4 Å². The molecule has 2 aromatic heterocycles. The summed E-state index contributed by atoms with van der Waals surface area (Å²) >= 11 is 1.29. The molecule has 1 amide bonds. The maximum Gasteiger partial charge on any atom is 0.262 e. The number of aromatic nitrogens is 4. The quantitative estimate of drug-likeness (QED) is 0.448. The van der Waals surface area contributed by atoms with Crippen molar-refractivity contribution in [2.24, 2.45) is 0 Å². The molecule has 4 rings (SSSR count). The van der Waals surface area contributed by atoms with Gasteiger partial charge in [0.15, 0.2) is 5.16 Å². The van der Waals surface area contributed by atoms with Crippen LogP contribution in [-0.4, -0.2) is 44.9 Å². The number of hydrogen-bond donors (Lipinski definition) is 1. The van der Waals surface area contributed by atoms with Gasteiger partial charge in [-0.25, -0.2) is 0 Å². The van der Waals surface area contributed by atoms with Gasteiger partial charge in [-0.2, -0.15) is 0 Å². The molecule has 0 bridgehead atoms. The number of para-hydroxylation sites is 1. The Bertz CT molecular complexity index is 1290. The number of amides is 1. The van der Waals surface area contributed by atoms with E-state index in [0.29, 0.717) is 22.9 Å². The molecule has 0 unspecified atom stereocenters. The van der Waals surface area contributed by atoms with E-state index in [1.807, 2.05) is 78.9 Å². The van der Waals surface area contributed by atoms with Crippen LogP contribution in [0, 0.1) is 0 Å². The van der Waals surface area contributed by atoms with Gasteiger partial charge in [0, 0.05) is 32.0 Å². The highest BCUT2D eigenvalue weighted by molar-refractivity contribution is 7.99. The van der Waals surface area contributed by atoms with E-state index in [4.69, 9.17) is 0 Å². The van der Waals surface area contributed by atoms with Crippen LogP contribution in [0.2, 0.25) is 0 Å². The van der Waals surface area contributed by atoms with Gasteiger partial charge in [-0.05, 0) is 42.8 Å². The Morgan fingerprint density at radius 1 is 1.10 bits per heavy atom. The van der Waals surface area contributed by atoms with Crippen LogP contribution in [0.15, 0.2) is 58.5 Å². The van der Waals surface area contributed by atoms with Crippen molar-refractivity contribution in [3.63, 3.8) is 0 Å². The molecule has 160 valence electrons. The number of carbonyl (C=O) groups is 1. The fourth-order valence-corrected chi connectivity index (χ4v) is 4.16. The maximum atomic E-state index is 12.9. The molecule has 9 heteroatoms. The van der Waals surface area contributed by atoms with Crippen LogP contribution in [0.1, 0.15) is 13.3 Å². The topological polar surface area (TPSA) is 84.5 Å². The highest BCUT2D eigenvalue weighted by Gasteiger charge is 2.17. The third-order valence-electron chi connectivity index (χ3n) is 4.93. The molecule has 0 aliphatic carbocycles. The second-order valence-corrected chi connectivity index (χ2v) is 8.31. The normalized spacial score (nSPS) is 11.2. The SMILES string of the molecule is CCCn1c(=O)c2ccccc2n2c(SCC(=O)Nc3ccc(N(C)C)cc3)nnc12. The minimum Gasteiger partial charge on any atom is -0.378 e. The molecule has 0 saturated heterocycles. The fraction of sp³-hybridized carbons (Fsp3) is 0.273. The summed E-state index contributed by atoms with van der Waals surface area (Å²) in [6.45, 7) is 2.57. The molecular formula is C22H24N6O2S. The average Bonchev–Trinajstić information content (AvgIpc) is 3.19. The van der Waals surface area contributed by atoms with Crippen molar-refractivity contribution in [1.82, 2.24) is 19.2 Å². The Morgan fingerprint density at radius 3 is 2.55 bits per heavy atom. The zero-order valence-corrected chi connectivity index (χ0v) is 18.5. The van der Waals surface area contributed by atoms with E-state index in [2.05, 4.69) is 15.5 Å². The van der Waals surface area contributed by atoms with Gasteiger partial charge in [-0.1, -0.05) is 30.8 Å². The van der Waals surface area contributed by atoms with Crippen LogP contribution in [-0.2, 0) is 11.3 Å². The first-order valence-electron chi connectivity index (χ1n) is 10.1. The molecule has 0 fully saturated rings. The summed E-state index contributed by atoms with van der Waals surface area (Å²) in [7, 11) is 3.94. The van der Waals surface area contributed by atoms with Crippen molar-refractivity contribution in [1.29, 1.82) is 0 Å². The molecule has 2 aromatic carbocycles. The van der Waals surface area contributed by atoms with Crippen molar-refractivity contribution in [2.45, 2.75) is 25.0 Å². The summed E-state index contributed by atoms with van der Waals surface area (Å²) in [5, 5.41) is 12.6. The number of aryl methyl sites for hydroxylation is 1. The Labute approximate surface area is 183 Å². The molecule has 0 aliphatic heterocycles. The van der Waals surface area contributed by atoms with Crippen molar-refractivity contribution in [2.75, 3.05) is 30.1 Å². The van der Waals surface area contributed by atoms with Gasteiger partial charge < -0.3 is 10.2 Å². The predicted octanol–water partition coefficient (Wildman–Crippen LogP) is 3.25. The van der Waals surface area contributed by atoms with Gasteiger partial charge in [0.25, 0.3) is 5.56 Å². The van der Waals surface area contributed by atoms with Gasteiger partial charge in [-0.3, -0.25) is 18.6 Å². The lowest BCUT2D eigenvalue weighted by molar-refractivity contribution is -0.113. The molecular weight excluding hydrogens is 412 g/mol. The number of nitrogens with one attached hydrogen (secondary N) is 1. The van der Waals surface area contributed by atoms with E-state index in [-0.39, 0.29) is 17.2 Å². The Morgan fingerprint density at radius 2 is 1.84 bits per heavy atom. The average molecular weight is 437 g/mol. The van der Waals surface area contributed by atoms with E-state index >= 15 is 0 Å². The summed E-state index contributed by atoms with van der Waals surface area (Å²) in [6.07, 6.45) is 0.804. The first-order chi connectivity index (χ1) is 15.0. The van der Waals surface area contributed by atoms with Crippen LogP contribution in [0.5, 0.6) is 0 Å². The number of rotatable bonds is 7. The molecule has 0 radical (unpaired) electrons. The third-order valence-corrected chi connectivity index (χ3v) is 5.85. The number of anilines is 2. The van der Waals surface area contributed by atoms with Crippen LogP contribution in [0.3, 0.4) is 0 Å².